The van der Waals surface area contributed by atoms with E-state index in [2.05, 4.69) is 44.3 Å². The maximum Gasteiger partial charge on any atom is 0.194 e. The fourth-order valence-electron chi connectivity index (χ4n) is 2.99. The van der Waals surface area contributed by atoms with E-state index in [9.17, 15) is 0 Å². The molecule has 1 fully saturated rings. The third-order valence-corrected chi connectivity index (χ3v) is 5.33. The molecule has 1 aliphatic carbocycles. The predicted molar refractivity (Wildman–Crippen MR) is 98.1 cm³/mol. The Hall–Kier alpha value is -1.89. The third kappa shape index (κ3) is 4.14. The second-order valence-corrected chi connectivity index (χ2v) is 7.26. The van der Waals surface area contributed by atoms with Gasteiger partial charge in [0, 0.05) is 26.7 Å². The summed E-state index contributed by atoms with van der Waals surface area (Å²) in [5.41, 5.74) is 1.32. The number of rotatable bonds is 5. The summed E-state index contributed by atoms with van der Waals surface area (Å²) in [7, 11) is 4.08. The van der Waals surface area contributed by atoms with Gasteiger partial charge in [-0.25, -0.2) is 4.99 Å². The average Bonchev–Trinajstić information content (AvgIpc) is 3.30. The van der Waals surface area contributed by atoms with E-state index in [1.165, 1.54) is 31.2 Å². The first kappa shape index (κ1) is 17.0. The van der Waals surface area contributed by atoms with Crippen molar-refractivity contribution in [1.82, 2.24) is 25.0 Å². The first-order valence-corrected chi connectivity index (χ1v) is 9.46. The Labute approximate surface area is 147 Å². The number of aliphatic imine (C=N–C) groups is 1. The number of aryl methyl sites for hydroxylation is 1. The van der Waals surface area contributed by atoms with Crippen molar-refractivity contribution in [2.75, 3.05) is 7.05 Å². The number of thiophene rings is 1. The van der Waals surface area contributed by atoms with Crippen LogP contribution in [-0.2, 0) is 20.1 Å². The van der Waals surface area contributed by atoms with Gasteiger partial charge in [-0.3, -0.25) is 0 Å². The molecule has 0 aliphatic heterocycles. The van der Waals surface area contributed by atoms with Crippen LogP contribution in [0.15, 0.2) is 21.8 Å². The third-order valence-electron chi connectivity index (χ3n) is 4.60. The maximum atomic E-state index is 4.82. The van der Waals surface area contributed by atoms with Crippen LogP contribution in [0.1, 0.15) is 42.9 Å². The minimum absolute atomic E-state index is 0.537. The number of nitrogens with zero attached hydrogens (tertiary/aromatic N) is 5. The number of nitrogens with one attached hydrogen (secondary N) is 1. The SMILES string of the molecule is Cc1nnc(CN=C(NC2CCCC2)N(C)Cc2ccsc2)n1C. The molecule has 6 nitrogen and oxygen atoms in total. The average molecular weight is 347 g/mol. The Balaban J connectivity index is 1.72. The zero-order valence-corrected chi connectivity index (χ0v) is 15.5. The molecule has 0 spiro atoms. The van der Waals surface area contributed by atoms with E-state index < -0.39 is 0 Å². The number of hydrogen-bond acceptors (Lipinski definition) is 4. The Bertz CT molecular complexity index is 669. The standard InChI is InChI=1S/C17H26N6S/c1-13-20-21-16(23(13)3)10-18-17(19-15-6-4-5-7-15)22(2)11-14-8-9-24-12-14/h8-9,12,15H,4-7,10-11H2,1-3H3,(H,18,19). The summed E-state index contributed by atoms with van der Waals surface area (Å²) in [6, 6.07) is 2.70. The van der Waals surface area contributed by atoms with Crippen LogP contribution in [0.5, 0.6) is 0 Å². The smallest absolute Gasteiger partial charge is 0.194 e. The molecule has 2 aromatic rings. The number of aromatic nitrogens is 3. The molecule has 1 saturated carbocycles. The summed E-state index contributed by atoms with van der Waals surface area (Å²) in [6.07, 6.45) is 5.08. The lowest BCUT2D eigenvalue weighted by atomic mass is 10.2. The van der Waals surface area contributed by atoms with Gasteiger partial charge in [-0.15, -0.1) is 10.2 Å². The largest absolute Gasteiger partial charge is 0.353 e. The normalized spacial score (nSPS) is 15.9. The topological polar surface area (TPSA) is 58.3 Å². The van der Waals surface area contributed by atoms with Crippen LogP contribution < -0.4 is 5.32 Å². The summed E-state index contributed by atoms with van der Waals surface area (Å²) < 4.78 is 2.00. The fourth-order valence-corrected chi connectivity index (χ4v) is 3.65. The lowest BCUT2D eigenvalue weighted by Crippen LogP contribution is -2.43. The molecule has 0 amide bonds. The summed E-state index contributed by atoms with van der Waals surface area (Å²) in [5.74, 6) is 2.76. The van der Waals surface area contributed by atoms with E-state index in [0.717, 1.165) is 24.2 Å². The Morgan fingerprint density at radius 1 is 1.42 bits per heavy atom. The van der Waals surface area contributed by atoms with Gasteiger partial charge in [0.1, 0.15) is 12.4 Å². The van der Waals surface area contributed by atoms with Crippen LogP contribution in [0.25, 0.3) is 0 Å². The molecular formula is C17H26N6S. The molecule has 0 saturated heterocycles. The highest BCUT2D eigenvalue weighted by Gasteiger charge is 2.18. The quantitative estimate of drug-likeness (QED) is 0.668. The summed E-state index contributed by atoms with van der Waals surface area (Å²) >= 11 is 1.73. The van der Waals surface area contributed by atoms with Gasteiger partial charge in [-0.2, -0.15) is 11.3 Å². The molecular weight excluding hydrogens is 320 g/mol. The van der Waals surface area contributed by atoms with E-state index in [1.54, 1.807) is 11.3 Å². The summed E-state index contributed by atoms with van der Waals surface area (Å²) in [6.45, 7) is 3.36. The zero-order valence-electron chi connectivity index (χ0n) is 14.7. The van der Waals surface area contributed by atoms with Crippen molar-refractivity contribution in [2.24, 2.45) is 12.0 Å². The monoisotopic (exact) mass is 346 g/mol. The van der Waals surface area contributed by atoms with Gasteiger partial charge in [0.15, 0.2) is 11.8 Å². The first-order valence-electron chi connectivity index (χ1n) is 8.51. The van der Waals surface area contributed by atoms with Crippen LogP contribution in [-0.4, -0.2) is 38.7 Å². The Kier molecular flexibility index (Phi) is 5.50. The van der Waals surface area contributed by atoms with E-state index in [0.29, 0.717) is 12.6 Å². The highest BCUT2D eigenvalue weighted by molar-refractivity contribution is 7.07. The minimum Gasteiger partial charge on any atom is -0.353 e. The number of guanidine groups is 1. The van der Waals surface area contributed by atoms with Crippen LogP contribution in [0, 0.1) is 6.92 Å². The van der Waals surface area contributed by atoms with Crippen molar-refractivity contribution in [3.8, 4) is 0 Å². The van der Waals surface area contributed by atoms with Gasteiger partial charge in [0.25, 0.3) is 0 Å². The zero-order chi connectivity index (χ0) is 16.9. The highest BCUT2D eigenvalue weighted by Crippen LogP contribution is 2.18. The van der Waals surface area contributed by atoms with Crippen molar-refractivity contribution in [1.29, 1.82) is 0 Å². The van der Waals surface area contributed by atoms with Crippen LogP contribution in [0.2, 0.25) is 0 Å². The van der Waals surface area contributed by atoms with Crippen molar-refractivity contribution >= 4 is 17.3 Å². The van der Waals surface area contributed by atoms with Crippen LogP contribution in [0.4, 0.5) is 0 Å². The van der Waals surface area contributed by atoms with Crippen molar-refractivity contribution < 1.29 is 0 Å². The van der Waals surface area contributed by atoms with Gasteiger partial charge in [0.05, 0.1) is 0 Å². The van der Waals surface area contributed by atoms with Crippen LogP contribution >= 0.6 is 11.3 Å². The fraction of sp³-hybridized carbons (Fsp3) is 0.588. The second-order valence-electron chi connectivity index (χ2n) is 6.48. The van der Waals surface area contributed by atoms with E-state index in [4.69, 9.17) is 4.99 Å². The molecule has 130 valence electrons. The van der Waals surface area contributed by atoms with Crippen molar-refractivity contribution in [3.63, 3.8) is 0 Å². The predicted octanol–water partition coefficient (Wildman–Crippen LogP) is 2.71. The molecule has 1 N–H and O–H groups in total. The molecule has 0 unspecified atom stereocenters. The first-order chi connectivity index (χ1) is 11.6. The minimum atomic E-state index is 0.537. The van der Waals surface area contributed by atoms with E-state index >= 15 is 0 Å². The van der Waals surface area contributed by atoms with E-state index in [1.807, 2.05) is 18.5 Å². The maximum absolute atomic E-state index is 4.82. The molecule has 0 bridgehead atoms. The lowest BCUT2D eigenvalue weighted by Gasteiger charge is -2.25. The Morgan fingerprint density at radius 3 is 2.83 bits per heavy atom. The molecule has 0 aromatic carbocycles. The molecule has 7 heteroatoms. The van der Waals surface area contributed by atoms with Gasteiger partial charge in [-0.05, 0) is 42.2 Å². The molecule has 2 heterocycles. The molecule has 0 radical (unpaired) electrons. The molecule has 1 aliphatic rings. The van der Waals surface area contributed by atoms with Gasteiger partial charge in [0.2, 0.25) is 0 Å². The molecule has 2 aromatic heterocycles. The highest BCUT2D eigenvalue weighted by atomic mass is 32.1. The van der Waals surface area contributed by atoms with E-state index in [-0.39, 0.29) is 0 Å². The van der Waals surface area contributed by atoms with Gasteiger partial charge >= 0.3 is 0 Å². The van der Waals surface area contributed by atoms with Gasteiger partial charge < -0.3 is 14.8 Å². The van der Waals surface area contributed by atoms with Crippen molar-refractivity contribution in [2.45, 2.75) is 51.7 Å². The molecule has 3 rings (SSSR count). The van der Waals surface area contributed by atoms with Crippen molar-refractivity contribution in [3.05, 3.63) is 34.0 Å². The summed E-state index contributed by atoms with van der Waals surface area (Å²) in [4.78, 5) is 7.02. The second kappa shape index (κ2) is 7.79. The summed E-state index contributed by atoms with van der Waals surface area (Å²) in [5, 5.41) is 16.3. The number of hydrogen-bond donors (Lipinski definition) is 1. The molecule has 0 atom stereocenters. The molecule has 24 heavy (non-hydrogen) atoms. The van der Waals surface area contributed by atoms with Gasteiger partial charge in [-0.1, -0.05) is 12.8 Å². The Morgan fingerprint density at radius 2 is 2.21 bits per heavy atom. The van der Waals surface area contributed by atoms with Crippen LogP contribution in [0.3, 0.4) is 0 Å². The lowest BCUT2D eigenvalue weighted by molar-refractivity contribution is 0.457.